The van der Waals surface area contributed by atoms with E-state index < -0.39 is 10.0 Å². The van der Waals surface area contributed by atoms with Crippen molar-refractivity contribution in [2.75, 3.05) is 51.8 Å². The summed E-state index contributed by atoms with van der Waals surface area (Å²) in [6.07, 6.45) is 2.95. The minimum atomic E-state index is -3.06. The summed E-state index contributed by atoms with van der Waals surface area (Å²) in [6.45, 7) is 2.99. The molecule has 0 radical (unpaired) electrons. The maximum atomic E-state index is 11.6. The molecule has 7 heteroatoms. The van der Waals surface area contributed by atoms with Gasteiger partial charge in [0.25, 0.3) is 0 Å². The largest absolute Gasteiger partial charge is 0.369 e. The van der Waals surface area contributed by atoms with Crippen LogP contribution in [0.4, 0.5) is 5.82 Å². The van der Waals surface area contributed by atoms with Crippen LogP contribution in [0.3, 0.4) is 0 Å². The number of rotatable bonds is 6. The number of hydrogen-bond donors (Lipinski definition) is 1. The first-order chi connectivity index (χ1) is 10.4. The molecular weight excluding hydrogens is 300 g/mol. The van der Waals surface area contributed by atoms with Gasteiger partial charge < -0.3 is 10.2 Å². The van der Waals surface area contributed by atoms with Gasteiger partial charge in [-0.2, -0.15) is 0 Å². The topological polar surface area (TPSA) is 65.5 Å². The third-order valence-corrected chi connectivity index (χ3v) is 5.28. The van der Waals surface area contributed by atoms with E-state index in [9.17, 15) is 8.42 Å². The molecule has 0 atom stereocenters. The van der Waals surface area contributed by atoms with Gasteiger partial charge in [0.15, 0.2) is 0 Å². The Labute approximate surface area is 133 Å². The Kier molecular flexibility index (Phi) is 5.77. The molecule has 2 heterocycles. The second-order valence-electron chi connectivity index (χ2n) is 6.11. The van der Waals surface area contributed by atoms with E-state index in [1.165, 1.54) is 6.26 Å². The maximum absolute atomic E-state index is 11.6. The Bertz CT molecular complexity index is 581. The van der Waals surface area contributed by atoms with Crippen LogP contribution in [0, 0.1) is 0 Å². The van der Waals surface area contributed by atoms with Gasteiger partial charge in [-0.05, 0) is 39.1 Å². The predicted octanol–water partition coefficient (Wildman–Crippen LogP) is 1.19. The van der Waals surface area contributed by atoms with Gasteiger partial charge in [0.05, 0.1) is 6.26 Å². The van der Waals surface area contributed by atoms with Gasteiger partial charge in [0.1, 0.15) is 5.82 Å². The average molecular weight is 326 g/mol. The van der Waals surface area contributed by atoms with Crippen molar-refractivity contribution in [1.29, 1.82) is 0 Å². The monoisotopic (exact) mass is 326 g/mol. The lowest BCUT2D eigenvalue weighted by atomic mass is 9.94. The van der Waals surface area contributed by atoms with Crippen LogP contribution in [0.5, 0.6) is 0 Å². The molecule has 1 aromatic heterocycles. The number of piperidine rings is 1. The molecular formula is C15H26N4O2S. The molecule has 1 fully saturated rings. The highest BCUT2D eigenvalue weighted by Crippen LogP contribution is 2.28. The standard InChI is InChI=1S/C15H26N4O2S/c1-18(2)12-9-16-15-6-4-5-14(17-15)13-7-10-19(11-8-13)22(3,20)21/h4-6,13H,7-12H2,1-3H3,(H,16,17). The summed E-state index contributed by atoms with van der Waals surface area (Å²) in [6, 6.07) is 6.03. The fourth-order valence-corrected chi connectivity index (χ4v) is 3.54. The predicted molar refractivity (Wildman–Crippen MR) is 89.7 cm³/mol. The van der Waals surface area contributed by atoms with Gasteiger partial charge in [0.2, 0.25) is 10.0 Å². The fourth-order valence-electron chi connectivity index (χ4n) is 2.67. The number of aromatic nitrogens is 1. The summed E-state index contributed by atoms with van der Waals surface area (Å²) < 4.78 is 24.7. The smallest absolute Gasteiger partial charge is 0.211 e. The van der Waals surface area contributed by atoms with Crippen molar-refractivity contribution in [2.24, 2.45) is 0 Å². The molecule has 1 aromatic rings. The molecule has 0 spiro atoms. The molecule has 0 saturated carbocycles. The van der Waals surface area contributed by atoms with E-state index >= 15 is 0 Å². The zero-order valence-corrected chi connectivity index (χ0v) is 14.4. The van der Waals surface area contributed by atoms with E-state index in [-0.39, 0.29) is 0 Å². The van der Waals surface area contributed by atoms with Gasteiger partial charge >= 0.3 is 0 Å². The Hall–Kier alpha value is -1.18. The fraction of sp³-hybridized carbons (Fsp3) is 0.667. The number of hydrogen-bond acceptors (Lipinski definition) is 5. The van der Waals surface area contributed by atoms with Gasteiger partial charge in [-0.15, -0.1) is 0 Å². The van der Waals surface area contributed by atoms with E-state index in [1.807, 2.05) is 32.3 Å². The van der Waals surface area contributed by atoms with Crippen molar-refractivity contribution in [2.45, 2.75) is 18.8 Å². The Morgan fingerprint density at radius 1 is 1.32 bits per heavy atom. The first kappa shape index (κ1) is 17.2. The number of anilines is 1. The molecule has 2 rings (SSSR count). The number of nitrogens with one attached hydrogen (secondary N) is 1. The van der Waals surface area contributed by atoms with Gasteiger partial charge in [0, 0.05) is 37.8 Å². The van der Waals surface area contributed by atoms with Crippen LogP contribution in [0.15, 0.2) is 18.2 Å². The summed E-state index contributed by atoms with van der Waals surface area (Å²) in [7, 11) is 1.02. The average Bonchev–Trinajstić information content (AvgIpc) is 2.46. The molecule has 1 N–H and O–H groups in total. The zero-order chi connectivity index (χ0) is 16.2. The van der Waals surface area contributed by atoms with E-state index in [2.05, 4.69) is 15.2 Å². The van der Waals surface area contributed by atoms with Crippen LogP contribution in [0.25, 0.3) is 0 Å². The second kappa shape index (κ2) is 7.39. The zero-order valence-electron chi connectivity index (χ0n) is 13.6. The minimum absolute atomic E-state index is 0.341. The second-order valence-corrected chi connectivity index (χ2v) is 8.10. The van der Waals surface area contributed by atoms with E-state index in [0.29, 0.717) is 19.0 Å². The van der Waals surface area contributed by atoms with Gasteiger partial charge in [-0.1, -0.05) is 6.07 Å². The molecule has 124 valence electrons. The molecule has 1 aliphatic rings. The van der Waals surface area contributed by atoms with Crippen LogP contribution in [0.1, 0.15) is 24.5 Å². The third-order valence-electron chi connectivity index (χ3n) is 3.98. The number of sulfonamides is 1. The lowest BCUT2D eigenvalue weighted by Crippen LogP contribution is -2.37. The lowest BCUT2D eigenvalue weighted by Gasteiger charge is -2.30. The van der Waals surface area contributed by atoms with Crippen molar-refractivity contribution < 1.29 is 8.42 Å². The molecule has 0 bridgehead atoms. The van der Waals surface area contributed by atoms with E-state index in [1.54, 1.807) is 4.31 Å². The Morgan fingerprint density at radius 3 is 2.59 bits per heavy atom. The summed E-state index contributed by atoms with van der Waals surface area (Å²) in [4.78, 5) is 6.81. The first-order valence-electron chi connectivity index (χ1n) is 7.67. The van der Waals surface area contributed by atoms with Crippen molar-refractivity contribution in [3.63, 3.8) is 0 Å². The van der Waals surface area contributed by atoms with Gasteiger partial charge in [-0.3, -0.25) is 0 Å². The third kappa shape index (κ3) is 4.93. The molecule has 0 amide bonds. The van der Waals surface area contributed by atoms with Crippen molar-refractivity contribution in [3.8, 4) is 0 Å². The van der Waals surface area contributed by atoms with Crippen LogP contribution in [0.2, 0.25) is 0 Å². The van der Waals surface area contributed by atoms with Crippen LogP contribution in [-0.4, -0.2) is 69.1 Å². The summed E-state index contributed by atoms with van der Waals surface area (Å²) in [5.41, 5.74) is 1.06. The van der Waals surface area contributed by atoms with E-state index in [0.717, 1.165) is 37.4 Å². The van der Waals surface area contributed by atoms with Gasteiger partial charge in [-0.25, -0.2) is 17.7 Å². The normalized spacial score (nSPS) is 17.8. The molecule has 0 unspecified atom stereocenters. The molecule has 1 saturated heterocycles. The Balaban J connectivity index is 1.93. The lowest BCUT2D eigenvalue weighted by molar-refractivity contribution is 0.318. The van der Waals surface area contributed by atoms with Crippen molar-refractivity contribution >= 4 is 15.8 Å². The van der Waals surface area contributed by atoms with Crippen LogP contribution >= 0.6 is 0 Å². The molecule has 0 aliphatic carbocycles. The highest BCUT2D eigenvalue weighted by Gasteiger charge is 2.26. The van der Waals surface area contributed by atoms with Crippen molar-refractivity contribution in [1.82, 2.24) is 14.2 Å². The molecule has 0 aromatic carbocycles. The molecule has 1 aliphatic heterocycles. The van der Waals surface area contributed by atoms with E-state index in [4.69, 9.17) is 0 Å². The number of likely N-dealkylation sites (N-methyl/N-ethyl adjacent to an activating group) is 1. The minimum Gasteiger partial charge on any atom is -0.369 e. The maximum Gasteiger partial charge on any atom is 0.211 e. The summed E-state index contributed by atoms with van der Waals surface area (Å²) in [5, 5.41) is 3.33. The molecule has 22 heavy (non-hydrogen) atoms. The number of nitrogens with zero attached hydrogens (tertiary/aromatic N) is 3. The highest BCUT2D eigenvalue weighted by molar-refractivity contribution is 7.88. The summed E-state index contributed by atoms with van der Waals surface area (Å²) in [5.74, 6) is 1.23. The van der Waals surface area contributed by atoms with Crippen LogP contribution in [-0.2, 0) is 10.0 Å². The molecule has 6 nitrogen and oxygen atoms in total. The van der Waals surface area contributed by atoms with Crippen LogP contribution < -0.4 is 5.32 Å². The first-order valence-corrected chi connectivity index (χ1v) is 9.52. The summed E-state index contributed by atoms with van der Waals surface area (Å²) >= 11 is 0. The highest BCUT2D eigenvalue weighted by atomic mass is 32.2. The number of pyridine rings is 1. The van der Waals surface area contributed by atoms with Crippen molar-refractivity contribution in [3.05, 3.63) is 23.9 Å². The Morgan fingerprint density at radius 2 is 2.00 bits per heavy atom. The quantitative estimate of drug-likeness (QED) is 0.851. The SMILES string of the molecule is CN(C)CCNc1cccc(C2CCN(S(C)(=O)=O)CC2)n1.